The fourth-order valence-corrected chi connectivity index (χ4v) is 2.27. The number of aromatic nitrogens is 5. The monoisotopic (exact) mass is 289 g/mol. The molecule has 1 saturated carbocycles. The highest BCUT2D eigenvalue weighted by Gasteiger charge is 2.30. The van der Waals surface area contributed by atoms with Crippen molar-refractivity contribution in [2.75, 3.05) is 24.3 Å². The molecule has 1 aliphatic carbocycles. The van der Waals surface area contributed by atoms with E-state index in [2.05, 4.69) is 30.7 Å². The maximum Gasteiger partial charge on any atom is 0.257 e. The lowest BCUT2D eigenvalue weighted by Crippen LogP contribution is -2.41. The summed E-state index contributed by atoms with van der Waals surface area (Å²) in [5.41, 5.74) is 0. The molecule has 0 radical (unpaired) electrons. The van der Waals surface area contributed by atoms with E-state index in [9.17, 15) is 0 Å². The summed E-state index contributed by atoms with van der Waals surface area (Å²) in [6.07, 6.45) is 5.79. The summed E-state index contributed by atoms with van der Waals surface area (Å²) in [5.74, 6) is 1.56. The molecule has 0 aliphatic heterocycles. The van der Waals surface area contributed by atoms with Crippen LogP contribution in [0.5, 0.6) is 0 Å². The molecule has 0 unspecified atom stereocenters. The van der Waals surface area contributed by atoms with Crippen LogP contribution in [0.1, 0.15) is 19.8 Å². The number of nitrogens with zero attached hydrogens (tertiary/aromatic N) is 5. The molecular weight excluding hydrogens is 270 g/mol. The maximum atomic E-state index is 5.55. The summed E-state index contributed by atoms with van der Waals surface area (Å²) in [5, 5.41) is 10.4. The standard InChI is InChI=1S/C13H19N7O/c1-3-21-10-7-9(8-10)16-12-17-11(14-2)18-13(19-12)20-6-4-5-15-20/h4-6,9-10H,3,7-8H2,1-2H3,(H2,14,16,17,18,19). The third-order valence-corrected chi connectivity index (χ3v) is 3.39. The van der Waals surface area contributed by atoms with Gasteiger partial charge in [-0.05, 0) is 25.8 Å². The Bertz CT molecular complexity index is 580. The topological polar surface area (TPSA) is 89.8 Å². The van der Waals surface area contributed by atoms with Gasteiger partial charge >= 0.3 is 0 Å². The number of rotatable bonds is 6. The molecule has 1 fully saturated rings. The van der Waals surface area contributed by atoms with Gasteiger partial charge in [0.1, 0.15) is 0 Å². The van der Waals surface area contributed by atoms with Gasteiger partial charge in [-0.15, -0.1) is 0 Å². The second-order valence-electron chi connectivity index (χ2n) is 4.87. The van der Waals surface area contributed by atoms with Gasteiger partial charge in [0.25, 0.3) is 5.95 Å². The molecule has 8 heteroatoms. The lowest BCUT2D eigenvalue weighted by Gasteiger charge is -2.35. The van der Waals surface area contributed by atoms with Gasteiger partial charge in [-0.3, -0.25) is 0 Å². The molecule has 3 rings (SSSR count). The quantitative estimate of drug-likeness (QED) is 0.822. The van der Waals surface area contributed by atoms with Crippen LogP contribution in [0, 0.1) is 0 Å². The molecule has 2 aromatic rings. The van der Waals surface area contributed by atoms with Crippen LogP contribution < -0.4 is 10.6 Å². The minimum absolute atomic E-state index is 0.346. The molecule has 8 nitrogen and oxygen atoms in total. The number of anilines is 2. The zero-order valence-electron chi connectivity index (χ0n) is 12.2. The zero-order valence-corrected chi connectivity index (χ0v) is 12.2. The summed E-state index contributed by atoms with van der Waals surface area (Å²) in [6, 6.07) is 2.17. The van der Waals surface area contributed by atoms with Crippen LogP contribution in [0.3, 0.4) is 0 Å². The average Bonchev–Trinajstić information content (AvgIpc) is 2.99. The summed E-state index contributed by atoms with van der Waals surface area (Å²) < 4.78 is 7.16. The first-order chi connectivity index (χ1) is 10.3. The van der Waals surface area contributed by atoms with Crippen LogP contribution in [-0.4, -0.2) is 50.5 Å². The minimum atomic E-state index is 0.346. The van der Waals surface area contributed by atoms with Crippen LogP contribution in [-0.2, 0) is 4.74 Å². The van der Waals surface area contributed by atoms with Gasteiger partial charge in [-0.2, -0.15) is 20.1 Å². The van der Waals surface area contributed by atoms with Crippen molar-refractivity contribution >= 4 is 11.9 Å². The molecule has 2 N–H and O–H groups in total. The molecule has 0 bridgehead atoms. The van der Waals surface area contributed by atoms with Crippen molar-refractivity contribution in [3.8, 4) is 5.95 Å². The highest BCUT2D eigenvalue weighted by atomic mass is 16.5. The van der Waals surface area contributed by atoms with E-state index in [0.29, 0.717) is 30.0 Å². The van der Waals surface area contributed by atoms with Crippen molar-refractivity contribution < 1.29 is 4.74 Å². The summed E-state index contributed by atoms with van der Waals surface area (Å²) >= 11 is 0. The van der Waals surface area contributed by atoms with Gasteiger partial charge in [0.05, 0.1) is 6.10 Å². The molecular formula is C13H19N7O. The Morgan fingerprint density at radius 3 is 2.76 bits per heavy atom. The van der Waals surface area contributed by atoms with Crippen LogP contribution in [0.4, 0.5) is 11.9 Å². The van der Waals surface area contributed by atoms with Crippen molar-refractivity contribution in [3.05, 3.63) is 18.5 Å². The molecule has 1 aliphatic rings. The second kappa shape index (κ2) is 6.04. The van der Waals surface area contributed by atoms with Crippen LogP contribution in [0.25, 0.3) is 5.95 Å². The first-order valence-electron chi connectivity index (χ1n) is 7.10. The van der Waals surface area contributed by atoms with E-state index in [1.54, 1.807) is 24.1 Å². The smallest absolute Gasteiger partial charge is 0.257 e. The van der Waals surface area contributed by atoms with Gasteiger partial charge < -0.3 is 15.4 Å². The third kappa shape index (κ3) is 3.10. The van der Waals surface area contributed by atoms with Gasteiger partial charge in [0, 0.05) is 32.1 Å². The average molecular weight is 289 g/mol. The van der Waals surface area contributed by atoms with E-state index in [1.165, 1.54) is 0 Å². The first kappa shape index (κ1) is 13.7. The van der Waals surface area contributed by atoms with E-state index >= 15 is 0 Å². The van der Waals surface area contributed by atoms with Gasteiger partial charge in [0.2, 0.25) is 11.9 Å². The Labute approximate surface area is 123 Å². The number of hydrogen-bond donors (Lipinski definition) is 2. The molecule has 0 amide bonds. The number of hydrogen-bond acceptors (Lipinski definition) is 7. The first-order valence-corrected chi connectivity index (χ1v) is 7.10. The number of nitrogens with one attached hydrogen (secondary N) is 2. The Morgan fingerprint density at radius 1 is 1.29 bits per heavy atom. The number of ether oxygens (including phenoxy) is 1. The minimum Gasteiger partial charge on any atom is -0.378 e. The normalized spacial score (nSPS) is 20.9. The van der Waals surface area contributed by atoms with Crippen LogP contribution >= 0.6 is 0 Å². The molecule has 2 aromatic heterocycles. The second-order valence-corrected chi connectivity index (χ2v) is 4.87. The fourth-order valence-electron chi connectivity index (χ4n) is 2.27. The lowest BCUT2D eigenvalue weighted by atomic mass is 9.89. The fraction of sp³-hybridized carbons (Fsp3) is 0.538. The largest absolute Gasteiger partial charge is 0.378 e. The summed E-state index contributed by atoms with van der Waals surface area (Å²) in [6.45, 7) is 2.78. The van der Waals surface area contributed by atoms with E-state index in [0.717, 1.165) is 19.4 Å². The Balaban J connectivity index is 1.72. The Hall–Kier alpha value is -2.22. The van der Waals surface area contributed by atoms with E-state index in [4.69, 9.17) is 4.74 Å². The van der Waals surface area contributed by atoms with Crippen molar-refractivity contribution in [2.24, 2.45) is 0 Å². The van der Waals surface area contributed by atoms with E-state index < -0.39 is 0 Å². The summed E-state index contributed by atoms with van der Waals surface area (Å²) in [4.78, 5) is 13.0. The Morgan fingerprint density at radius 2 is 2.10 bits per heavy atom. The molecule has 0 aromatic carbocycles. The van der Waals surface area contributed by atoms with Gasteiger partial charge in [0.15, 0.2) is 0 Å². The van der Waals surface area contributed by atoms with Gasteiger partial charge in [-0.1, -0.05) is 0 Å². The maximum absolute atomic E-state index is 5.55. The summed E-state index contributed by atoms with van der Waals surface area (Å²) in [7, 11) is 1.78. The highest BCUT2D eigenvalue weighted by Crippen LogP contribution is 2.26. The van der Waals surface area contributed by atoms with Crippen molar-refractivity contribution in [2.45, 2.75) is 31.9 Å². The van der Waals surface area contributed by atoms with Crippen molar-refractivity contribution in [1.82, 2.24) is 24.7 Å². The lowest BCUT2D eigenvalue weighted by molar-refractivity contribution is 0.00285. The predicted octanol–water partition coefficient (Wildman–Crippen LogP) is 1.08. The van der Waals surface area contributed by atoms with Crippen LogP contribution in [0.15, 0.2) is 18.5 Å². The zero-order chi connectivity index (χ0) is 14.7. The van der Waals surface area contributed by atoms with E-state index in [1.807, 2.05) is 13.0 Å². The molecule has 0 saturated heterocycles. The van der Waals surface area contributed by atoms with Crippen LogP contribution in [0.2, 0.25) is 0 Å². The van der Waals surface area contributed by atoms with Crippen molar-refractivity contribution in [1.29, 1.82) is 0 Å². The molecule has 112 valence electrons. The molecule has 21 heavy (non-hydrogen) atoms. The predicted molar refractivity (Wildman–Crippen MR) is 78.6 cm³/mol. The van der Waals surface area contributed by atoms with Crippen molar-refractivity contribution in [3.63, 3.8) is 0 Å². The Kier molecular flexibility index (Phi) is 3.96. The molecule has 0 spiro atoms. The molecule has 0 atom stereocenters. The SMILES string of the molecule is CCOC1CC(Nc2nc(NC)nc(-n3cccn3)n2)C1. The van der Waals surface area contributed by atoms with E-state index in [-0.39, 0.29) is 0 Å². The van der Waals surface area contributed by atoms with Gasteiger partial charge in [-0.25, -0.2) is 4.68 Å². The molecule has 2 heterocycles. The third-order valence-electron chi connectivity index (χ3n) is 3.39. The highest BCUT2D eigenvalue weighted by molar-refractivity contribution is 5.38.